The summed E-state index contributed by atoms with van der Waals surface area (Å²) < 4.78 is 18.7. The largest absolute Gasteiger partial charge is 0.481 e. The molecule has 9 heteroatoms. The molecule has 0 radical (unpaired) electrons. The van der Waals surface area contributed by atoms with E-state index in [0.717, 1.165) is 24.0 Å². The standard InChI is InChI=1S/C33H41ClN2O6/c34-28-14-7-5-12-26(28)32-40-23-24(11-3-1-4-16-30(37)38)31(42-32)27-13-6-8-15-29(27)41-33(39)36-21-17-25(18-22-36)35-19-9-2-10-20-35/h1,3,5-8,12-15,24-25,31-32H,2,4,9-11,16-23H2,(H,37,38)/b3-1-. The van der Waals surface area contributed by atoms with Crippen molar-refractivity contribution in [2.45, 2.75) is 69.8 Å². The highest BCUT2D eigenvalue weighted by molar-refractivity contribution is 6.31. The van der Waals surface area contributed by atoms with Crippen LogP contribution >= 0.6 is 11.6 Å². The third kappa shape index (κ3) is 7.92. The van der Waals surface area contributed by atoms with Gasteiger partial charge in [0.15, 0.2) is 6.29 Å². The quantitative estimate of drug-likeness (QED) is 0.312. The fourth-order valence-electron chi connectivity index (χ4n) is 6.19. The molecule has 3 saturated heterocycles. The van der Waals surface area contributed by atoms with E-state index in [4.69, 9.17) is 30.9 Å². The van der Waals surface area contributed by atoms with Gasteiger partial charge in [-0.05, 0) is 63.7 Å². The van der Waals surface area contributed by atoms with Gasteiger partial charge in [-0.15, -0.1) is 0 Å². The van der Waals surface area contributed by atoms with Crippen molar-refractivity contribution in [3.05, 3.63) is 76.8 Å². The van der Waals surface area contributed by atoms with Gasteiger partial charge in [0, 0.05) is 47.6 Å². The van der Waals surface area contributed by atoms with Crippen LogP contribution in [0.1, 0.15) is 74.9 Å². The number of amides is 1. The molecule has 1 N–H and O–H groups in total. The Balaban J connectivity index is 1.29. The molecule has 3 unspecified atom stereocenters. The molecule has 226 valence electrons. The van der Waals surface area contributed by atoms with Gasteiger partial charge in [-0.25, -0.2) is 4.79 Å². The van der Waals surface area contributed by atoms with Crippen LogP contribution in [0.15, 0.2) is 60.7 Å². The number of benzene rings is 2. The monoisotopic (exact) mass is 596 g/mol. The molecular weight excluding hydrogens is 556 g/mol. The Kier molecular flexibility index (Phi) is 10.9. The summed E-state index contributed by atoms with van der Waals surface area (Å²) in [4.78, 5) is 28.7. The van der Waals surface area contributed by atoms with E-state index < -0.39 is 18.4 Å². The minimum atomic E-state index is -0.823. The van der Waals surface area contributed by atoms with Crippen molar-refractivity contribution in [2.24, 2.45) is 5.92 Å². The molecule has 1 amide bonds. The lowest BCUT2D eigenvalue weighted by Crippen LogP contribution is -2.48. The maximum Gasteiger partial charge on any atom is 0.415 e. The highest BCUT2D eigenvalue weighted by Gasteiger charge is 2.36. The fraction of sp³-hybridized carbons (Fsp3) is 0.515. The van der Waals surface area contributed by atoms with Crippen LogP contribution in [0.25, 0.3) is 0 Å². The number of hydrogen-bond acceptors (Lipinski definition) is 6. The number of piperidine rings is 2. The predicted molar refractivity (Wildman–Crippen MR) is 161 cm³/mol. The van der Waals surface area contributed by atoms with E-state index in [-0.39, 0.29) is 18.4 Å². The van der Waals surface area contributed by atoms with Gasteiger partial charge in [-0.2, -0.15) is 0 Å². The average molecular weight is 597 g/mol. The lowest BCUT2D eigenvalue weighted by molar-refractivity contribution is -0.244. The van der Waals surface area contributed by atoms with Crippen LogP contribution in [0.3, 0.4) is 0 Å². The zero-order valence-corrected chi connectivity index (χ0v) is 24.8. The van der Waals surface area contributed by atoms with Crippen molar-refractivity contribution in [3.63, 3.8) is 0 Å². The van der Waals surface area contributed by atoms with Crippen LogP contribution in [-0.4, -0.2) is 65.8 Å². The second kappa shape index (κ2) is 15.0. The molecule has 0 aliphatic carbocycles. The molecule has 5 rings (SSSR count). The van der Waals surface area contributed by atoms with Crippen LogP contribution < -0.4 is 4.74 Å². The molecule has 0 aromatic heterocycles. The van der Waals surface area contributed by atoms with Gasteiger partial charge in [0.05, 0.1) is 12.7 Å². The summed E-state index contributed by atoms with van der Waals surface area (Å²) in [5.74, 6) is -0.425. The van der Waals surface area contributed by atoms with Crippen LogP contribution in [0, 0.1) is 5.92 Å². The Labute approximate surface area is 253 Å². The predicted octanol–water partition coefficient (Wildman–Crippen LogP) is 7.00. The van der Waals surface area contributed by atoms with Crippen molar-refractivity contribution < 1.29 is 28.9 Å². The first-order valence-corrected chi connectivity index (χ1v) is 15.6. The van der Waals surface area contributed by atoms with Gasteiger partial charge in [0.1, 0.15) is 5.75 Å². The SMILES string of the molecule is O=C(O)CC/C=C\CC1COC(c2ccccc2Cl)OC1c1ccccc1OC(=O)N1CCC(N2CCCCC2)CC1. The second-order valence-corrected chi connectivity index (χ2v) is 11.8. The van der Waals surface area contributed by atoms with Crippen molar-refractivity contribution in [1.29, 1.82) is 0 Å². The summed E-state index contributed by atoms with van der Waals surface area (Å²) in [6, 6.07) is 15.5. The number of nitrogens with zero attached hydrogens (tertiary/aromatic N) is 2. The van der Waals surface area contributed by atoms with E-state index in [9.17, 15) is 9.59 Å². The number of carboxylic acids is 1. The summed E-state index contributed by atoms with van der Waals surface area (Å²) in [5.41, 5.74) is 1.52. The molecule has 0 spiro atoms. The molecule has 8 nitrogen and oxygen atoms in total. The van der Waals surface area contributed by atoms with E-state index in [1.165, 1.54) is 32.4 Å². The van der Waals surface area contributed by atoms with Gasteiger partial charge < -0.3 is 29.1 Å². The molecule has 2 aromatic rings. The smallest absolute Gasteiger partial charge is 0.415 e. The van der Waals surface area contributed by atoms with E-state index >= 15 is 0 Å². The van der Waals surface area contributed by atoms with Gasteiger partial charge in [-0.1, -0.05) is 66.6 Å². The summed E-state index contributed by atoms with van der Waals surface area (Å²) in [6.45, 7) is 4.11. The van der Waals surface area contributed by atoms with Crippen molar-refractivity contribution in [3.8, 4) is 5.75 Å². The normalized spacial score (nSPS) is 24.1. The Hall–Kier alpha value is -2.91. The van der Waals surface area contributed by atoms with Crippen LogP contribution in [-0.2, 0) is 14.3 Å². The first-order valence-electron chi connectivity index (χ1n) is 15.2. The number of halogens is 1. The van der Waals surface area contributed by atoms with E-state index in [1.54, 1.807) is 6.07 Å². The molecule has 3 aliphatic heterocycles. The van der Waals surface area contributed by atoms with Gasteiger partial charge >= 0.3 is 12.1 Å². The molecule has 3 atom stereocenters. The second-order valence-electron chi connectivity index (χ2n) is 11.4. The summed E-state index contributed by atoms with van der Waals surface area (Å²) in [5, 5.41) is 9.51. The maximum absolute atomic E-state index is 13.3. The highest BCUT2D eigenvalue weighted by Crippen LogP contribution is 2.44. The van der Waals surface area contributed by atoms with E-state index in [1.807, 2.05) is 59.5 Å². The highest BCUT2D eigenvalue weighted by atomic mass is 35.5. The lowest BCUT2D eigenvalue weighted by atomic mass is 9.91. The minimum Gasteiger partial charge on any atom is -0.481 e. The number of para-hydroxylation sites is 1. The van der Waals surface area contributed by atoms with Gasteiger partial charge in [0.2, 0.25) is 0 Å². The lowest BCUT2D eigenvalue weighted by Gasteiger charge is -2.40. The number of ether oxygens (including phenoxy) is 3. The van der Waals surface area contributed by atoms with Crippen LogP contribution in [0.4, 0.5) is 4.79 Å². The van der Waals surface area contributed by atoms with E-state index in [2.05, 4.69) is 4.90 Å². The van der Waals surface area contributed by atoms with Crippen molar-refractivity contribution >= 4 is 23.7 Å². The molecule has 3 fully saturated rings. The van der Waals surface area contributed by atoms with Crippen LogP contribution in [0.5, 0.6) is 5.75 Å². The summed E-state index contributed by atoms with van der Waals surface area (Å²) in [6.07, 6.45) is 9.36. The molecule has 0 saturated carbocycles. The molecule has 3 aliphatic rings. The van der Waals surface area contributed by atoms with Crippen LogP contribution in [0.2, 0.25) is 5.02 Å². The Morgan fingerprint density at radius 1 is 0.952 bits per heavy atom. The molecule has 2 aromatic carbocycles. The summed E-state index contributed by atoms with van der Waals surface area (Å²) >= 11 is 6.48. The third-order valence-electron chi connectivity index (χ3n) is 8.50. The number of rotatable bonds is 9. The zero-order chi connectivity index (χ0) is 29.3. The maximum atomic E-state index is 13.3. The topological polar surface area (TPSA) is 88.5 Å². The zero-order valence-electron chi connectivity index (χ0n) is 24.0. The van der Waals surface area contributed by atoms with Crippen molar-refractivity contribution in [2.75, 3.05) is 32.8 Å². The van der Waals surface area contributed by atoms with Gasteiger partial charge in [0.25, 0.3) is 0 Å². The molecular formula is C33H41ClN2O6. The van der Waals surface area contributed by atoms with E-state index in [0.29, 0.717) is 49.4 Å². The number of allylic oxidation sites excluding steroid dienone is 2. The first kappa shape index (κ1) is 30.5. The van der Waals surface area contributed by atoms with Crippen molar-refractivity contribution in [1.82, 2.24) is 9.80 Å². The number of carbonyl (C=O) groups is 2. The number of carbonyl (C=O) groups excluding carboxylic acids is 1. The minimum absolute atomic E-state index is 0.0787. The van der Waals surface area contributed by atoms with Gasteiger partial charge in [-0.3, -0.25) is 4.79 Å². The Morgan fingerprint density at radius 2 is 1.67 bits per heavy atom. The molecule has 3 heterocycles. The molecule has 42 heavy (non-hydrogen) atoms. The number of hydrogen-bond donors (Lipinski definition) is 1. The Morgan fingerprint density at radius 3 is 2.40 bits per heavy atom. The molecule has 0 bridgehead atoms. The Bertz CT molecular complexity index is 1220. The number of likely N-dealkylation sites (tertiary alicyclic amines) is 2. The summed E-state index contributed by atoms with van der Waals surface area (Å²) in [7, 11) is 0. The fourth-order valence-corrected chi connectivity index (χ4v) is 6.41. The number of carboxylic acid groups (broad SMARTS) is 1. The first-order chi connectivity index (χ1) is 20.5. The number of aliphatic carboxylic acids is 1. The average Bonchev–Trinajstić information content (AvgIpc) is 3.02. The third-order valence-corrected chi connectivity index (χ3v) is 8.85.